The molecule has 0 fully saturated rings. The molecular weight excluding hydrogens is 468 g/mol. The van der Waals surface area contributed by atoms with Crippen molar-refractivity contribution in [2.45, 2.75) is 30.7 Å². The summed E-state index contributed by atoms with van der Waals surface area (Å²) in [6.07, 6.45) is 2.40. The van der Waals surface area contributed by atoms with Gasteiger partial charge in [0.25, 0.3) is 5.91 Å². The van der Waals surface area contributed by atoms with Gasteiger partial charge in [-0.15, -0.1) is 11.3 Å². The molecule has 1 amide bonds. The van der Waals surface area contributed by atoms with Crippen molar-refractivity contribution < 1.29 is 17.9 Å². The first-order chi connectivity index (χ1) is 16.5. The number of nitrogens with zero attached hydrogens (tertiary/aromatic N) is 2. The predicted molar refractivity (Wildman–Crippen MR) is 135 cm³/mol. The van der Waals surface area contributed by atoms with E-state index in [9.17, 15) is 13.2 Å². The Morgan fingerprint density at radius 2 is 1.91 bits per heavy atom. The summed E-state index contributed by atoms with van der Waals surface area (Å²) >= 11 is 1.67. The Morgan fingerprint density at radius 3 is 2.71 bits per heavy atom. The van der Waals surface area contributed by atoms with Crippen molar-refractivity contribution in [2.75, 3.05) is 33.4 Å². The summed E-state index contributed by atoms with van der Waals surface area (Å²) in [7, 11) is -2.08. The average Bonchev–Trinajstić information content (AvgIpc) is 3.34. The van der Waals surface area contributed by atoms with Crippen LogP contribution in [0.1, 0.15) is 32.8 Å². The number of amides is 1. The van der Waals surface area contributed by atoms with E-state index in [2.05, 4.69) is 12.1 Å². The summed E-state index contributed by atoms with van der Waals surface area (Å²) < 4.78 is 33.4. The summed E-state index contributed by atoms with van der Waals surface area (Å²) in [5.41, 5.74) is 2.67. The Kier molecular flexibility index (Phi) is 8.15. The number of rotatable bonds is 10. The maximum absolute atomic E-state index is 13.3. The van der Waals surface area contributed by atoms with E-state index in [0.717, 1.165) is 24.8 Å². The highest BCUT2D eigenvalue weighted by Gasteiger charge is 2.29. The molecule has 2 heterocycles. The molecular formula is C26H30N2O4S2. The third kappa shape index (κ3) is 5.75. The lowest BCUT2D eigenvalue weighted by molar-refractivity contribution is 0.0693. The monoisotopic (exact) mass is 498 g/mol. The van der Waals surface area contributed by atoms with Crippen LogP contribution < -0.4 is 0 Å². The van der Waals surface area contributed by atoms with E-state index in [0.29, 0.717) is 38.3 Å². The summed E-state index contributed by atoms with van der Waals surface area (Å²) in [6.45, 7) is 2.27. The van der Waals surface area contributed by atoms with Gasteiger partial charge in [0.05, 0.1) is 11.5 Å². The van der Waals surface area contributed by atoms with Crippen molar-refractivity contribution in [3.05, 3.63) is 87.6 Å². The van der Waals surface area contributed by atoms with Crippen LogP contribution in [0.3, 0.4) is 0 Å². The van der Waals surface area contributed by atoms with Crippen LogP contribution in [0.25, 0.3) is 0 Å². The first-order valence-electron chi connectivity index (χ1n) is 11.5. The molecule has 8 heteroatoms. The second kappa shape index (κ2) is 11.3. The Hall–Kier alpha value is -2.52. The van der Waals surface area contributed by atoms with E-state index < -0.39 is 10.0 Å². The molecule has 0 saturated heterocycles. The van der Waals surface area contributed by atoms with Crippen molar-refractivity contribution in [1.82, 2.24) is 9.21 Å². The smallest absolute Gasteiger partial charge is 0.253 e. The number of methoxy groups -OCH3 is 1. The molecule has 6 nitrogen and oxygen atoms in total. The molecule has 2 aromatic carbocycles. The van der Waals surface area contributed by atoms with Crippen LogP contribution >= 0.6 is 11.3 Å². The van der Waals surface area contributed by atoms with E-state index in [-0.39, 0.29) is 10.8 Å². The number of aryl methyl sites for hydroxylation is 1. The van der Waals surface area contributed by atoms with Gasteiger partial charge in [-0.1, -0.05) is 36.4 Å². The molecule has 3 aromatic rings. The molecule has 0 spiro atoms. The maximum atomic E-state index is 13.3. The lowest BCUT2D eigenvalue weighted by atomic mass is 10.1. The van der Waals surface area contributed by atoms with Crippen molar-refractivity contribution in [3.8, 4) is 0 Å². The molecule has 4 rings (SSSR count). The third-order valence-corrected chi connectivity index (χ3v) is 8.94. The molecule has 1 aliphatic heterocycles. The standard InChI is InChI=1S/C26H30N2O4S2/c1-32-17-16-27(14-6-9-21-7-3-2-4-8-21)26(29)22-10-5-11-24(19-22)34(30,31)28-15-12-25-23(20-28)13-18-33-25/h2-5,7-8,10-11,13,18-19H,6,9,12,14-17,20H2,1H3. The van der Waals surface area contributed by atoms with Gasteiger partial charge in [-0.2, -0.15) is 4.31 Å². The fourth-order valence-corrected chi connectivity index (χ4v) is 6.54. The van der Waals surface area contributed by atoms with Crippen LogP contribution in [-0.4, -0.2) is 56.9 Å². The molecule has 0 N–H and O–H groups in total. The van der Waals surface area contributed by atoms with E-state index >= 15 is 0 Å². The first kappa shape index (κ1) is 24.6. The minimum Gasteiger partial charge on any atom is -0.383 e. The lowest BCUT2D eigenvalue weighted by Crippen LogP contribution is -2.36. The fourth-order valence-electron chi connectivity index (χ4n) is 4.18. The third-order valence-electron chi connectivity index (χ3n) is 6.08. The largest absolute Gasteiger partial charge is 0.383 e. The van der Waals surface area contributed by atoms with Crippen LogP contribution in [0.15, 0.2) is 70.9 Å². The molecule has 0 aliphatic carbocycles. The molecule has 0 unspecified atom stereocenters. The lowest BCUT2D eigenvalue weighted by Gasteiger charge is -2.27. The summed E-state index contributed by atoms with van der Waals surface area (Å²) in [4.78, 5) is 16.5. The van der Waals surface area contributed by atoms with Crippen LogP contribution in [-0.2, 0) is 34.1 Å². The quantitative estimate of drug-likeness (QED) is 0.420. The minimum atomic E-state index is -3.69. The van der Waals surface area contributed by atoms with Gasteiger partial charge in [0.15, 0.2) is 0 Å². The minimum absolute atomic E-state index is 0.160. The van der Waals surface area contributed by atoms with E-state index in [1.165, 1.54) is 20.8 Å². The van der Waals surface area contributed by atoms with Gasteiger partial charge in [0.2, 0.25) is 10.0 Å². The Labute approximate surface area is 205 Å². The van der Waals surface area contributed by atoms with E-state index in [1.54, 1.807) is 41.5 Å². The van der Waals surface area contributed by atoms with Crippen molar-refractivity contribution in [3.63, 3.8) is 0 Å². The number of hydrogen-bond donors (Lipinski definition) is 0. The van der Waals surface area contributed by atoms with E-state index in [1.807, 2.05) is 29.6 Å². The zero-order valence-electron chi connectivity index (χ0n) is 19.4. The van der Waals surface area contributed by atoms with Gasteiger partial charge in [0.1, 0.15) is 0 Å². The summed E-state index contributed by atoms with van der Waals surface area (Å²) in [5, 5.41) is 2.01. The summed E-state index contributed by atoms with van der Waals surface area (Å²) in [6, 6.07) is 18.6. The van der Waals surface area contributed by atoms with Gasteiger partial charge in [-0.25, -0.2) is 8.42 Å². The number of carbonyl (C=O) groups excluding carboxylic acids is 1. The Balaban J connectivity index is 1.48. The molecule has 0 saturated carbocycles. The number of ether oxygens (including phenoxy) is 1. The normalized spacial score (nSPS) is 14.0. The molecule has 34 heavy (non-hydrogen) atoms. The number of sulfonamides is 1. The molecule has 0 radical (unpaired) electrons. The van der Waals surface area contributed by atoms with E-state index in [4.69, 9.17) is 4.74 Å². The highest BCUT2D eigenvalue weighted by Crippen LogP contribution is 2.28. The highest BCUT2D eigenvalue weighted by molar-refractivity contribution is 7.89. The first-order valence-corrected chi connectivity index (χ1v) is 13.8. The van der Waals surface area contributed by atoms with Crippen molar-refractivity contribution in [2.24, 2.45) is 0 Å². The van der Waals surface area contributed by atoms with Crippen LogP contribution in [0, 0.1) is 0 Å². The van der Waals surface area contributed by atoms with Crippen molar-refractivity contribution >= 4 is 27.3 Å². The Bertz CT molecular complexity index is 1210. The Morgan fingerprint density at radius 1 is 1.09 bits per heavy atom. The van der Waals surface area contributed by atoms with Gasteiger partial charge >= 0.3 is 0 Å². The SMILES string of the molecule is COCCN(CCCc1ccccc1)C(=O)c1cccc(S(=O)(=O)N2CCc3sccc3C2)c1. The van der Waals surface area contributed by atoms with Crippen molar-refractivity contribution in [1.29, 1.82) is 0 Å². The van der Waals surface area contributed by atoms with Crippen LogP contribution in [0.5, 0.6) is 0 Å². The second-order valence-electron chi connectivity index (χ2n) is 8.36. The number of benzene rings is 2. The van der Waals surface area contributed by atoms with Gasteiger partial charge in [-0.05, 0) is 60.0 Å². The zero-order chi connectivity index (χ0) is 24.0. The number of fused-ring (bicyclic) bond motifs is 1. The molecule has 0 atom stereocenters. The van der Waals surface area contributed by atoms with Crippen LogP contribution in [0.4, 0.5) is 0 Å². The van der Waals surface area contributed by atoms with Crippen LogP contribution in [0.2, 0.25) is 0 Å². The summed E-state index contributed by atoms with van der Waals surface area (Å²) in [5.74, 6) is -0.180. The second-order valence-corrected chi connectivity index (χ2v) is 11.3. The highest BCUT2D eigenvalue weighted by atomic mass is 32.2. The van der Waals surface area contributed by atoms with Gasteiger partial charge < -0.3 is 9.64 Å². The molecule has 1 aliphatic rings. The molecule has 1 aromatic heterocycles. The maximum Gasteiger partial charge on any atom is 0.253 e. The fraction of sp³-hybridized carbons (Fsp3) is 0.346. The predicted octanol–water partition coefficient (Wildman–Crippen LogP) is 4.22. The molecule has 180 valence electrons. The number of thiophene rings is 1. The van der Waals surface area contributed by atoms with Gasteiger partial charge in [0, 0.05) is 43.7 Å². The average molecular weight is 499 g/mol. The zero-order valence-corrected chi connectivity index (χ0v) is 21.0. The van der Waals surface area contributed by atoms with Gasteiger partial charge in [-0.3, -0.25) is 4.79 Å². The number of carbonyl (C=O) groups is 1. The topological polar surface area (TPSA) is 66.9 Å². The number of hydrogen-bond acceptors (Lipinski definition) is 5. The molecule has 0 bridgehead atoms.